The first-order chi connectivity index (χ1) is 21.9. The van der Waals surface area contributed by atoms with Crippen LogP contribution in [0.3, 0.4) is 0 Å². The standard InChI is InChI=1S/C14H13F5O2S2.C14H26N4O3S2/c15-9-10(16)12(18)14(13(19)11(9)17)21-8(20)4-2-1-3-7-5-6-22-23-7;15-14(16)17-8-3-5-11(13(20)21)18-12(19)6-2-1-4-10-7-9-22-23-10/h7H,1-6H2;10-11H,1-9H2,(H,18,19)(H,20,21)(H4,15,16,17)/t7-;10-,11-/m11/s1. The number of nitrogens with zero attached hydrogens (tertiary/aromatic N) is 1. The number of carbonyl (C=O) groups is 3. The fourth-order valence-electron chi connectivity index (χ4n) is 4.29. The van der Waals surface area contributed by atoms with Gasteiger partial charge in [-0.2, -0.15) is 8.78 Å². The lowest BCUT2D eigenvalue weighted by molar-refractivity contribution is -0.142. The molecule has 46 heavy (non-hydrogen) atoms. The summed E-state index contributed by atoms with van der Waals surface area (Å²) in [5, 5.41) is 13.0. The molecule has 18 heteroatoms. The third-order valence-electron chi connectivity index (χ3n) is 6.76. The van der Waals surface area contributed by atoms with Crippen molar-refractivity contribution < 1.29 is 46.2 Å². The molecular formula is C28H39F5N4O5S4. The number of aliphatic carboxylic acids is 1. The van der Waals surface area contributed by atoms with E-state index >= 15 is 0 Å². The highest BCUT2D eigenvalue weighted by atomic mass is 33.1. The smallest absolute Gasteiger partial charge is 0.326 e. The topological polar surface area (TPSA) is 157 Å². The van der Waals surface area contributed by atoms with Crippen LogP contribution in [0.15, 0.2) is 4.99 Å². The predicted octanol–water partition coefficient (Wildman–Crippen LogP) is 6.33. The van der Waals surface area contributed by atoms with Gasteiger partial charge in [-0.15, -0.1) is 0 Å². The third kappa shape index (κ3) is 14.8. The Labute approximate surface area is 280 Å². The fraction of sp³-hybridized carbons (Fsp3) is 0.643. The lowest BCUT2D eigenvalue weighted by atomic mass is 10.1. The number of carbonyl (C=O) groups excluding carboxylic acids is 2. The Kier molecular flexibility index (Phi) is 19.0. The highest BCUT2D eigenvalue weighted by Gasteiger charge is 2.28. The summed E-state index contributed by atoms with van der Waals surface area (Å²) in [6, 6.07) is -0.876. The molecule has 2 aliphatic heterocycles. The molecule has 9 nitrogen and oxygen atoms in total. The van der Waals surface area contributed by atoms with E-state index in [4.69, 9.17) is 16.6 Å². The summed E-state index contributed by atoms with van der Waals surface area (Å²) >= 11 is 0. The molecule has 260 valence electrons. The van der Waals surface area contributed by atoms with E-state index in [2.05, 4.69) is 15.0 Å². The maximum absolute atomic E-state index is 13.4. The summed E-state index contributed by atoms with van der Waals surface area (Å²) in [5.74, 6) is -12.3. The SMILES string of the molecule is NC(N)=NCCC[C@@H](NC(=O)CCCC[C@@H]1CCSS1)C(=O)O.O=C(CCCC[C@@H]1CCSS1)Oc1c(F)c(F)c(F)c(F)c1F. The van der Waals surface area contributed by atoms with Crippen molar-refractivity contribution in [2.24, 2.45) is 16.5 Å². The number of benzene rings is 1. The zero-order valence-electron chi connectivity index (χ0n) is 25.0. The number of esters is 1. The van der Waals surface area contributed by atoms with E-state index in [0.29, 0.717) is 42.7 Å². The van der Waals surface area contributed by atoms with Crippen molar-refractivity contribution in [1.82, 2.24) is 5.32 Å². The number of halogens is 5. The quantitative estimate of drug-likeness (QED) is 0.0163. The van der Waals surface area contributed by atoms with Gasteiger partial charge in [-0.1, -0.05) is 56.0 Å². The van der Waals surface area contributed by atoms with E-state index in [9.17, 15) is 36.3 Å². The molecule has 1 aromatic carbocycles. The number of aliphatic imine (C=N–C) groups is 1. The van der Waals surface area contributed by atoms with Gasteiger partial charge in [0.1, 0.15) is 6.04 Å². The summed E-state index contributed by atoms with van der Waals surface area (Å²) in [6.45, 7) is 0.360. The minimum absolute atomic E-state index is 0.0141. The first-order valence-corrected chi connectivity index (χ1v) is 19.5. The minimum Gasteiger partial charge on any atom is -0.480 e. The lowest BCUT2D eigenvalue weighted by Gasteiger charge is -2.14. The second-order valence-electron chi connectivity index (χ2n) is 10.4. The molecule has 2 fully saturated rings. The average Bonchev–Trinajstić information content (AvgIpc) is 3.74. The highest BCUT2D eigenvalue weighted by Crippen LogP contribution is 2.40. The second-order valence-corrected chi connectivity index (χ2v) is 16.0. The molecule has 0 spiro atoms. The number of rotatable bonds is 17. The van der Waals surface area contributed by atoms with Crippen LogP contribution in [0, 0.1) is 29.1 Å². The molecule has 1 aromatic rings. The molecule has 2 aliphatic rings. The lowest BCUT2D eigenvalue weighted by Crippen LogP contribution is -2.40. The monoisotopic (exact) mass is 734 g/mol. The molecule has 6 N–H and O–H groups in total. The van der Waals surface area contributed by atoms with Crippen molar-refractivity contribution in [3.05, 3.63) is 29.1 Å². The van der Waals surface area contributed by atoms with Gasteiger partial charge in [-0.05, 0) is 51.4 Å². The summed E-state index contributed by atoms with van der Waals surface area (Å²) in [4.78, 5) is 38.3. The Balaban J connectivity index is 0.000000320. The second kappa shape index (κ2) is 21.8. The largest absolute Gasteiger partial charge is 0.480 e. The molecule has 0 aliphatic carbocycles. The fourth-order valence-corrected chi connectivity index (χ4v) is 10.3. The molecule has 0 saturated carbocycles. The summed E-state index contributed by atoms with van der Waals surface area (Å²) < 4.78 is 69.8. The van der Waals surface area contributed by atoms with Crippen molar-refractivity contribution in [3.63, 3.8) is 0 Å². The molecule has 0 bridgehead atoms. The van der Waals surface area contributed by atoms with Crippen molar-refractivity contribution >= 4 is 67.0 Å². The van der Waals surface area contributed by atoms with Gasteiger partial charge in [0, 0.05) is 41.4 Å². The van der Waals surface area contributed by atoms with Gasteiger partial charge in [0.15, 0.2) is 5.96 Å². The van der Waals surface area contributed by atoms with E-state index in [-0.39, 0.29) is 18.3 Å². The van der Waals surface area contributed by atoms with E-state index in [1.807, 2.05) is 21.6 Å². The van der Waals surface area contributed by atoms with Gasteiger partial charge in [-0.25, -0.2) is 18.0 Å². The van der Waals surface area contributed by atoms with E-state index in [0.717, 1.165) is 44.3 Å². The molecule has 1 amide bonds. The maximum atomic E-state index is 13.4. The zero-order chi connectivity index (χ0) is 34.1. The van der Waals surface area contributed by atoms with Crippen molar-refractivity contribution in [2.75, 3.05) is 18.1 Å². The minimum atomic E-state index is -2.29. The predicted molar refractivity (Wildman–Crippen MR) is 175 cm³/mol. The molecule has 2 heterocycles. The first kappa shape index (κ1) is 40.1. The van der Waals surface area contributed by atoms with Gasteiger partial charge >= 0.3 is 11.9 Å². The number of unbranched alkanes of at least 4 members (excludes halogenated alkanes) is 2. The number of carboxylic acids is 1. The van der Waals surface area contributed by atoms with Crippen molar-refractivity contribution in [1.29, 1.82) is 0 Å². The van der Waals surface area contributed by atoms with Gasteiger partial charge in [0.25, 0.3) is 0 Å². The van der Waals surface area contributed by atoms with Crippen LogP contribution in [0.5, 0.6) is 5.75 Å². The van der Waals surface area contributed by atoms with Gasteiger partial charge in [-0.3, -0.25) is 14.6 Å². The molecule has 3 atom stereocenters. The summed E-state index contributed by atoms with van der Waals surface area (Å²) in [6.07, 6.45) is 8.40. The molecular weight excluding hydrogens is 696 g/mol. The maximum Gasteiger partial charge on any atom is 0.326 e. The van der Waals surface area contributed by atoms with Gasteiger partial charge < -0.3 is 26.6 Å². The van der Waals surface area contributed by atoms with Crippen molar-refractivity contribution in [2.45, 2.75) is 93.6 Å². The van der Waals surface area contributed by atoms with E-state index in [1.165, 1.54) is 12.2 Å². The van der Waals surface area contributed by atoms with Gasteiger partial charge in [0.05, 0.1) is 0 Å². The molecule has 3 rings (SSSR count). The average molecular weight is 735 g/mol. The van der Waals surface area contributed by atoms with Crippen LogP contribution in [-0.4, -0.2) is 63.5 Å². The van der Waals surface area contributed by atoms with Crippen LogP contribution >= 0.6 is 43.2 Å². The number of ether oxygens (including phenoxy) is 1. The molecule has 0 radical (unpaired) electrons. The Hall–Kier alpha value is -2.05. The van der Waals surface area contributed by atoms with Crippen LogP contribution in [0.4, 0.5) is 22.0 Å². The van der Waals surface area contributed by atoms with Crippen molar-refractivity contribution in [3.8, 4) is 5.75 Å². The first-order valence-electron chi connectivity index (χ1n) is 14.8. The number of guanidine groups is 1. The van der Waals surface area contributed by atoms with Gasteiger partial charge in [0.2, 0.25) is 40.7 Å². The summed E-state index contributed by atoms with van der Waals surface area (Å²) in [5.41, 5.74) is 10.4. The Morgan fingerprint density at radius 1 is 0.826 bits per heavy atom. The zero-order valence-corrected chi connectivity index (χ0v) is 28.3. The number of nitrogens with two attached hydrogens (primary N) is 2. The highest BCUT2D eigenvalue weighted by molar-refractivity contribution is 8.77. The number of amides is 1. The van der Waals surface area contributed by atoms with Crippen LogP contribution < -0.4 is 21.5 Å². The van der Waals surface area contributed by atoms with E-state index < -0.39 is 52.8 Å². The molecule has 0 unspecified atom stereocenters. The van der Waals surface area contributed by atoms with Crippen LogP contribution in [0.1, 0.15) is 77.0 Å². The number of hydrogen-bond donors (Lipinski definition) is 4. The number of nitrogens with one attached hydrogen (secondary N) is 1. The molecule has 2 saturated heterocycles. The summed E-state index contributed by atoms with van der Waals surface area (Å²) in [7, 11) is 7.45. The normalized spacial score (nSPS) is 17.9. The molecule has 0 aromatic heterocycles. The number of hydrogen-bond acceptors (Lipinski definition) is 9. The Bertz CT molecular complexity index is 1160. The Morgan fingerprint density at radius 3 is 1.83 bits per heavy atom. The van der Waals surface area contributed by atoms with Crippen LogP contribution in [-0.2, 0) is 14.4 Å². The number of carboxylic acid groups (broad SMARTS) is 1. The third-order valence-corrected chi connectivity index (χ3v) is 12.8. The van der Waals surface area contributed by atoms with Crippen LogP contribution in [0.25, 0.3) is 0 Å². The van der Waals surface area contributed by atoms with Crippen LogP contribution in [0.2, 0.25) is 0 Å². The van der Waals surface area contributed by atoms with E-state index in [1.54, 1.807) is 21.6 Å². The Morgan fingerprint density at radius 2 is 1.35 bits per heavy atom.